The maximum Gasteiger partial charge on any atom is 0.333 e. The maximum absolute atomic E-state index is 11.6. The molecular weight excluding hydrogens is 334 g/mol. The summed E-state index contributed by atoms with van der Waals surface area (Å²) in [6, 6.07) is 7.26. The molecule has 1 unspecified atom stereocenters. The molecule has 146 valence electrons. The number of amides is 1. The van der Waals surface area contributed by atoms with Gasteiger partial charge in [-0.3, -0.25) is 4.79 Å². The van der Waals surface area contributed by atoms with Gasteiger partial charge in [-0.05, 0) is 31.0 Å². The van der Waals surface area contributed by atoms with Crippen LogP contribution in [-0.4, -0.2) is 42.8 Å². The molecule has 1 aromatic carbocycles. The molecule has 0 saturated carbocycles. The maximum atomic E-state index is 11.6. The van der Waals surface area contributed by atoms with E-state index in [0.717, 1.165) is 24.8 Å². The molecule has 1 amide bonds. The summed E-state index contributed by atoms with van der Waals surface area (Å²) in [6.07, 6.45) is 4.41. The van der Waals surface area contributed by atoms with Crippen molar-refractivity contribution in [3.05, 3.63) is 29.8 Å². The summed E-state index contributed by atoms with van der Waals surface area (Å²) in [7, 11) is 0. The molecule has 0 saturated heterocycles. The highest BCUT2D eigenvalue weighted by Crippen LogP contribution is 2.14. The Hall–Kier alpha value is -2.08. The van der Waals surface area contributed by atoms with E-state index in [2.05, 4.69) is 12.2 Å². The van der Waals surface area contributed by atoms with Crippen molar-refractivity contribution >= 4 is 11.9 Å². The van der Waals surface area contributed by atoms with Crippen molar-refractivity contribution in [3.63, 3.8) is 0 Å². The molecule has 0 aromatic heterocycles. The molecule has 0 radical (unpaired) electrons. The van der Waals surface area contributed by atoms with Crippen LogP contribution in [-0.2, 0) is 20.7 Å². The summed E-state index contributed by atoms with van der Waals surface area (Å²) in [4.78, 5) is 22.8. The average Bonchev–Trinajstić information content (AvgIpc) is 2.63. The molecule has 2 N–H and O–H groups in total. The van der Waals surface area contributed by atoms with Crippen molar-refractivity contribution in [2.24, 2.45) is 0 Å². The molecule has 0 aliphatic carbocycles. The first-order valence-corrected chi connectivity index (χ1v) is 9.39. The zero-order valence-corrected chi connectivity index (χ0v) is 15.8. The zero-order valence-electron chi connectivity index (χ0n) is 15.8. The second-order valence-corrected chi connectivity index (χ2v) is 6.14. The highest BCUT2D eigenvalue weighted by Gasteiger charge is 2.17. The number of ether oxygens (including phenoxy) is 2. The number of carboxylic acids is 1. The summed E-state index contributed by atoms with van der Waals surface area (Å²) in [5.41, 5.74) is 0.874. The van der Waals surface area contributed by atoms with E-state index in [1.807, 2.05) is 12.1 Å². The number of rotatable bonds is 14. The van der Waals surface area contributed by atoms with Crippen LogP contribution in [0.2, 0.25) is 0 Å². The van der Waals surface area contributed by atoms with E-state index in [1.165, 1.54) is 6.42 Å². The number of carbonyl (C=O) groups excluding carboxylic acids is 1. The monoisotopic (exact) mass is 365 g/mol. The minimum atomic E-state index is -0.961. The van der Waals surface area contributed by atoms with Crippen molar-refractivity contribution in [1.82, 2.24) is 5.32 Å². The fourth-order valence-electron chi connectivity index (χ4n) is 2.51. The van der Waals surface area contributed by atoms with Crippen LogP contribution in [0.5, 0.6) is 5.75 Å². The van der Waals surface area contributed by atoms with Crippen molar-refractivity contribution in [2.75, 3.05) is 19.8 Å². The molecule has 0 bridgehead atoms. The Morgan fingerprint density at radius 3 is 2.46 bits per heavy atom. The second-order valence-electron chi connectivity index (χ2n) is 6.14. The van der Waals surface area contributed by atoms with Gasteiger partial charge >= 0.3 is 5.97 Å². The average molecular weight is 365 g/mol. The van der Waals surface area contributed by atoms with E-state index >= 15 is 0 Å². The Morgan fingerprint density at radius 1 is 1.12 bits per heavy atom. The van der Waals surface area contributed by atoms with E-state index in [1.54, 1.807) is 19.1 Å². The Balaban J connectivity index is 2.26. The van der Waals surface area contributed by atoms with E-state index < -0.39 is 12.1 Å². The predicted octanol–water partition coefficient (Wildman–Crippen LogP) is 3.18. The van der Waals surface area contributed by atoms with Gasteiger partial charge in [0.1, 0.15) is 12.4 Å². The Labute approximate surface area is 155 Å². The van der Waals surface area contributed by atoms with E-state index in [0.29, 0.717) is 38.3 Å². The minimum Gasteiger partial charge on any atom is -0.492 e. The topological polar surface area (TPSA) is 84.9 Å². The van der Waals surface area contributed by atoms with Gasteiger partial charge in [-0.25, -0.2) is 4.79 Å². The van der Waals surface area contributed by atoms with Gasteiger partial charge in [-0.2, -0.15) is 0 Å². The molecule has 0 aliphatic heterocycles. The molecule has 0 heterocycles. The van der Waals surface area contributed by atoms with Crippen LogP contribution >= 0.6 is 0 Å². The lowest BCUT2D eigenvalue weighted by Gasteiger charge is -2.13. The molecule has 26 heavy (non-hydrogen) atoms. The molecule has 1 rings (SSSR count). The normalized spacial score (nSPS) is 11.8. The Kier molecular flexibility index (Phi) is 11.1. The largest absolute Gasteiger partial charge is 0.492 e. The fourth-order valence-corrected chi connectivity index (χ4v) is 2.51. The number of hydrogen-bond donors (Lipinski definition) is 2. The van der Waals surface area contributed by atoms with Crippen molar-refractivity contribution < 1.29 is 24.2 Å². The van der Waals surface area contributed by atoms with Gasteiger partial charge in [0.05, 0.1) is 6.54 Å². The quantitative estimate of drug-likeness (QED) is 0.495. The molecule has 1 atom stereocenters. The van der Waals surface area contributed by atoms with Gasteiger partial charge in [0, 0.05) is 19.4 Å². The first-order chi connectivity index (χ1) is 12.6. The predicted molar refractivity (Wildman–Crippen MR) is 100 cm³/mol. The van der Waals surface area contributed by atoms with Crippen LogP contribution in [0.15, 0.2) is 24.3 Å². The number of carboxylic acid groups (broad SMARTS) is 1. The summed E-state index contributed by atoms with van der Waals surface area (Å²) in [5, 5.41) is 12.0. The number of unbranched alkanes of at least 4 members (excludes halogenated alkanes) is 3. The van der Waals surface area contributed by atoms with Crippen molar-refractivity contribution in [3.8, 4) is 5.75 Å². The van der Waals surface area contributed by atoms with E-state index in [4.69, 9.17) is 14.6 Å². The SMILES string of the molecule is CCCCCCC(=O)NCCOc1ccc(CC(OCC)C(=O)O)cc1. The number of benzene rings is 1. The van der Waals surface area contributed by atoms with Crippen molar-refractivity contribution in [2.45, 2.75) is 58.5 Å². The highest BCUT2D eigenvalue weighted by atomic mass is 16.5. The first kappa shape index (κ1) is 22.0. The third-order valence-electron chi connectivity index (χ3n) is 3.94. The van der Waals surface area contributed by atoms with Crippen LogP contribution in [0.25, 0.3) is 0 Å². The van der Waals surface area contributed by atoms with Crippen LogP contribution in [0.1, 0.15) is 51.5 Å². The van der Waals surface area contributed by atoms with Crippen LogP contribution in [0, 0.1) is 0 Å². The summed E-state index contributed by atoms with van der Waals surface area (Å²) in [6.45, 7) is 5.16. The Bertz CT molecular complexity index is 530. The van der Waals surface area contributed by atoms with E-state index in [-0.39, 0.29) is 5.91 Å². The Morgan fingerprint density at radius 2 is 1.85 bits per heavy atom. The summed E-state index contributed by atoms with van der Waals surface area (Å²) in [5.74, 6) is -0.206. The van der Waals surface area contributed by atoms with Crippen molar-refractivity contribution in [1.29, 1.82) is 0 Å². The van der Waals surface area contributed by atoms with Crippen LogP contribution in [0.3, 0.4) is 0 Å². The number of hydrogen-bond acceptors (Lipinski definition) is 4. The zero-order chi connectivity index (χ0) is 19.2. The summed E-state index contributed by atoms with van der Waals surface area (Å²) < 4.78 is 10.8. The van der Waals surface area contributed by atoms with Crippen LogP contribution < -0.4 is 10.1 Å². The molecule has 6 heteroatoms. The lowest BCUT2D eigenvalue weighted by Crippen LogP contribution is -2.27. The molecule has 6 nitrogen and oxygen atoms in total. The van der Waals surface area contributed by atoms with Gasteiger partial charge in [0.25, 0.3) is 0 Å². The lowest BCUT2D eigenvalue weighted by molar-refractivity contribution is -0.149. The lowest BCUT2D eigenvalue weighted by atomic mass is 10.1. The first-order valence-electron chi connectivity index (χ1n) is 9.39. The molecule has 0 spiro atoms. The van der Waals surface area contributed by atoms with Gasteiger partial charge in [-0.15, -0.1) is 0 Å². The minimum absolute atomic E-state index is 0.0655. The van der Waals surface area contributed by atoms with Gasteiger partial charge in [0.15, 0.2) is 6.10 Å². The fraction of sp³-hybridized carbons (Fsp3) is 0.600. The summed E-state index contributed by atoms with van der Waals surface area (Å²) >= 11 is 0. The molecule has 0 fully saturated rings. The van der Waals surface area contributed by atoms with E-state index in [9.17, 15) is 9.59 Å². The van der Waals surface area contributed by atoms with Gasteiger partial charge in [-0.1, -0.05) is 38.3 Å². The highest BCUT2D eigenvalue weighted by molar-refractivity contribution is 5.75. The smallest absolute Gasteiger partial charge is 0.333 e. The standard InChI is InChI=1S/C20H31NO5/c1-3-5-6-7-8-19(22)21-13-14-26-17-11-9-16(10-12-17)15-18(20(23)24)25-4-2/h9-12,18H,3-8,13-15H2,1-2H3,(H,21,22)(H,23,24). The third-order valence-corrected chi connectivity index (χ3v) is 3.94. The second kappa shape index (κ2) is 13.2. The third kappa shape index (κ3) is 9.42. The number of nitrogens with one attached hydrogen (secondary N) is 1. The number of carbonyl (C=O) groups is 2. The number of aliphatic carboxylic acids is 1. The van der Waals surface area contributed by atoms with Crippen LogP contribution in [0.4, 0.5) is 0 Å². The van der Waals surface area contributed by atoms with Gasteiger partial charge in [0.2, 0.25) is 5.91 Å². The van der Waals surface area contributed by atoms with Gasteiger partial charge < -0.3 is 19.9 Å². The molecule has 1 aromatic rings. The molecule has 0 aliphatic rings. The molecular formula is C20H31NO5.